The summed E-state index contributed by atoms with van der Waals surface area (Å²) in [4.78, 5) is 0. The second-order valence-corrected chi connectivity index (χ2v) is 4.75. The molecule has 0 aliphatic rings. The van der Waals surface area contributed by atoms with Crippen molar-refractivity contribution in [2.75, 3.05) is 6.61 Å². The Morgan fingerprint density at radius 2 is 1.90 bits per heavy atom. The fourth-order valence-corrected chi connectivity index (χ4v) is 1.96. The molecular formula is C15H17Cl2NO2. The summed E-state index contributed by atoms with van der Waals surface area (Å²) in [5.74, 6) is 1.41. The third-order valence-electron chi connectivity index (χ3n) is 2.71. The monoisotopic (exact) mass is 313 g/mol. The van der Waals surface area contributed by atoms with Crippen molar-refractivity contribution in [1.29, 1.82) is 0 Å². The maximum absolute atomic E-state index is 9.03. The van der Waals surface area contributed by atoms with Gasteiger partial charge in [0, 0.05) is 11.1 Å². The minimum Gasteiger partial charge on any atom is -0.457 e. The molecule has 0 aromatic heterocycles. The Morgan fingerprint density at radius 1 is 1.15 bits per heavy atom. The smallest absolute Gasteiger partial charge is 0.130 e. The first kappa shape index (κ1) is 16.8. The van der Waals surface area contributed by atoms with E-state index in [9.17, 15) is 0 Å². The standard InChI is InChI=1S/C15H16ClNO2.ClH/c16-12-5-3-6-14(9-12)19-15-7-2-1-4-11(15)8-13(17)10-18;/h1-7,9,13,18H,8,10,17H2;1H. The summed E-state index contributed by atoms with van der Waals surface area (Å²) in [6, 6.07) is 14.6. The van der Waals surface area contributed by atoms with E-state index in [1.165, 1.54) is 0 Å². The number of hydrogen-bond acceptors (Lipinski definition) is 3. The van der Waals surface area contributed by atoms with E-state index < -0.39 is 0 Å². The molecule has 1 unspecified atom stereocenters. The van der Waals surface area contributed by atoms with Crippen LogP contribution in [0.4, 0.5) is 0 Å². The first-order chi connectivity index (χ1) is 9.19. The Balaban J connectivity index is 0.00000200. The van der Waals surface area contributed by atoms with E-state index in [2.05, 4.69) is 0 Å². The van der Waals surface area contributed by atoms with Gasteiger partial charge in [0.2, 0.25) is 0 Å². The van der Waals surface area contributed by atoms with Crippen LogP contribution in [-0.2, 0) is 6.42 Å². The third kappa shape index (κ3) is 4.69. The van der Waals surface area contributed by atoms with E-state index in [0.717, 1.165) is 11.3 Å². The number of ether oxygens (including phenoxy) is 1. The number of benzene rings is 2. The van der Waals surface area contributed by atoms with Gasteiger partial charge in [0.1, 0.15) is 11.5 Å². The molecule has 0 fully saturated rings. The first-order valence-electron chi connectivity index (χ1n) is 6.07. The van der Waals surface area contributed by atoms with Crippen LogP contribution in [0.3, 0.4) is 0 Å². The number of aliphatic hydroxyl groups is 1. The zero-order valence-corrected chi connectivity index (χ0v) is 12.4. The minimum atomic E-state index is -0.288. The predicted molar refractivity (Wildman–Crippen MR) is 84.0 cm³/mol. The fraction of sp³-hybridized carbons (Fsp3) is 0.200. The second-order valence-electron chi connectivity index (χ2n) is 4.31. The summed E-state index contributed by atoms with van der Waals surface area (Å²) in [7, 11) is 0. The average Bonchev–Trinajstić information content (AvgIpc) is 2.41. The van der Waals surface area contributed by atoms with Gasteiger partial charge in [-0.2, -0.15) is 0 Å². The lowest BCUT2D eigenvalue weighted by molar-refractivity contribution is 0.264. The Hall–Kier alpha value is -1.26. The second kappa shape index (κ2) is 8.12. The topological polar surface area (TPSA) is 55.5 Å². The van der Waals surface area contributed by atoms with E-state index in [0.29, 0.717) is 17.2 Å². The average molecular weight is 314 g/mol. The number of hydrogen-bond donors (Lipinski definition) is 2. The van der Waals surface area contributed by atoms with Crippen LogP contribution in [0.1, 0.15) is 5.56 Å². The van der Waals surface area contributed by atoms with Crippen LogP contribution in [0.5, 0.6) is 11.5 Å². The molecule has 0 bridgehead atoms. The molecule has 0 amide bonds. The highest BCUT2D eigenvalue weighted by Gasteiger charge is 2.08. The lowest BCUT2D eigenvalue weighted by Crippen LogP contribution is -2.26. The summed E-state index contributed by atoms with van der Waals surface area (Å²) in [5.41, 5.74) is 6.73. The van der Waals surface area contributed by atoms with Crippen molar-refractivity contribution >= 4 is 24.0 Å². The minimum absolute atomic E-state index is 0. The molecule has 108 valence electrons. The van der Waals surface area contributed by atoms with Crippen LogP contribution in [0, 0.1) is 0 Å². The zero-order chi connectivity index (χ0) is 13.7. The van der Waals surface area contributed by atoms with Gasteiger partial charge >= 0.3 is 0 Å². The van der Waals surface area contributed by atoms with Crippen molar-refractivity contribution in [2.24, 2.45) is 5.73 Å². The molecule has 2 aromatic rings. The third-order valence-corrected chi connectivity index (χ3v) is 2.95. The number of halogens is 2. The van der Waals surface area contributed by atoms with Crippen molar-refractivity contribution in [3.05, 3.63) is 59.1 Å². The van der Waals surface area contributed by atoms with Crippen LogP contribution >= 0.6 is 24.0 Å². The van der Waals surface area contributed by atoms with Gasteiger partial charge in [0.25, 0.3) is 0 Å². The molecule has 0 saturated carbocycles. The van der Waals surface area contributed by atoms with Gasteiger partial charge in [-0.15, -0.1) is 12.4 Å². The summed E-state index contributed by atoms with van der Waals surface area (Å²) >= 11 is 5.92. The van der Waals surface area contributed by atoms with Crippen molar-refractivity contribution in [1.82, 2.24) is 0 Å². The maximum Gasteiger partial charge on any atom is 0.130 e. The fourth-order valence-electron chi connectivity index (χ4n) is 1.78. The molecule has 3 N–H and O–H groups in total. The molecule has 0 aliphatic heterocycles. The van der Waals surface area contributed by atoms with Crippen LogP contribution < -0.4 is 10.5 Å². The molecule has 20 heavy (non-hydrogen) atoms. The highest BCUT2D eigenvalue weighted by atomic mass is 35.5. The van der Waals surface area contributed by atoms with Gasteiger partial charge in [-0.25, -0.2) is 0 Å². The molecule has 0 heterocycles. The molecule has 2 aromatic carbocycles. The van der Waals surface area contributed by atoms with E-state index in [-0.39, 0.29) is 25.1 Å². The largest absolute Gasteiger partial charge is 0.457 e. The Labute approximate surface area is 129 Å². The lowest BCUT2D eigenvalue weighted by atomic mass is 10.1. The van der Waals surface area contributed by atoms with E-state index in [1.54, 1.807) is 12.1 Å². The Bertz CT molecular complexity index is 549. The summed E-state index contributed by atoms with van der Waals surface area (Å²) in [5, 5.41) is 9.66. The molecule has 0 spiro atoms. The van der Waals surface area contributed by atoms with E-state index >= 15 is 0 Å². The van der Waals surface area contributed by atoms with Crippen LogP contribution in [0.25, 0.3) is 0 Å². The van der Waals surface area contributed by atoms with Gasteiger partial charge in [0.05, 0.1) is 6.61 Å². The Kier molecular flexibility index (Phi) is 6.82. The lowest BCUT2D eigenvalue weighted by Gasteiger charge is -2.13. The normalized spacial score (nSPS) is 11.6. The van der Waals surface area contributed by atoms with Crippen molar-refractivity contribution in [3.63, 3.8) is 0 Å². The molecule has 1 atom stereocenters. The van der Waals surface area contributed by atoms with E-state index in [1.807, 2.05) is 36.4 Å². The number of nitrogens with two attached hydrogens (primary N) is 1. The van der Waals surface area contributed by atoms with Gasteiger partial charge in [-0.3, -0.25) is 0 Å². The molecular weight excluding hydrogens is 297 g/mol. The van der Waals surface area contributed by atoms with Crippen LogP contribution in [0.15, 0.2) is 48.5 Å². The van der Waals surface area contributed by atoms with Gasteiger partial charge in [0.15, 0.2) is 0 Å². The van der Waals surface area contributed by atoms with Crippen molar-refractivity contribution in [3.8, 4) is 11.5 Å². The summed E-state index contributed by atoms with van der Waals surface area (Å²) in [6.07, 6.45) is 0.563. The molecule has 0 radical (unpaired) electrons. The molecule has 0 saturated heterocycles. The molecule has 5 heteroatoms. The SMILES string of the molecule is Cl.NC(CO)Cc1ccccc1Oc1cccc(Cl)c1. The first-order valence-corrected chi connectivity index (χ1v) is 6.44. The van der Waals surface area contributed by atoms with Gasteiger partial charge in [-0.1, -0.05) is 35.9 Å². The van der Waals surface area contributed by atoms with Gasteiger partial charge < -0.3 is 15.6 Å². The summed E-state index contributed by atoms with van der Waals surface area (Å²) in [6.45, 7) is -0.0501. The quantitative estimate of drug-likeness (QED) is 0.889. The Morgan fingerprint density at radius 3 is 2.60 bits per heavy atom. The number of rotatable bonds is 5. The van der Waals surface area contributed by atoms with Crippen LogP contribution in [0.2, 0.25) is 5.02 Å². The highest BCUT2D eigenvalue weighted by Crippen LogP contribution is 2.27. The molecule has 0 aliphatic carbocycles. The van der Waals surface area contributed by atoms with Gasteiger partial charge in [-0.05, 0) is 36.2 Å². The van der Waals surface area contributed by atoms with Crippen molar-refractivity contribution in [2.45, 2.75) is 12.5 Å². The van der Waals surface area contributed by atoms with Crippen molar-refractivity contribution < 1.29 is 9.84 Å². The summed E-state index contributed by atoms with van der Waals surface area (Å²) < 4.78 is 5.81. The molecule has 3 nitrogen and oxygen atoms in total. The number of aliphatic hydroxyl groups excluding tert-OH is 1. The number of para-hydroxylation sites is 1. The predicted octanol–water partition coefficient (Wildman–Crippen LogP) is 3.42. The highest BCUT2D eigenvalue weighted by molar-refractivity contribution is 6.30. The zero-order valence-electron chi connectivity index (χ0n) is 10.8. The van der Waals surface area contributed by atoms with E-state index in [4.69, 9.17) is 27.2 Å². The molecule has 2 rings (SSSR count). The van der Waals surface area contributed by atoms with Crippen LogP contribution in [-0.4, -0.2) is 17.8 Å². The maximum atomic E-state index is 9.03.